The van der Waals surface area contributed by atoms with Gasteiger partial charge in [-0.3, -0.25) is 15.0 Å². The van der Waals surface area contributed by atoms with E-state index in [0.29, 0.717) is 13.1 Å². The van der Waals surface area contributed by atoms with Crippen LogP contribution in [0.15, 0.2) is 52.0 Å². The molecule has 0 atom stereocenters. The number of rotatable bonds is 7. The minimum Gasteiger partial charge on any atom is -0.361 e. The molecule has 9 nitrogen and oxygen atoms in total. The van der Waals surface area contributed by atoms with Crippen LogP contribution in [0, 0.1) is 17.0 Å². The van der Waals surface area contributed by atoms with Gasteiger partial charge in [-0.2, -0.15) is 0 Å². The van der Waals surface area contributed by atoms with E-state index in [0.717, 1.165) is 61.3 Å². The molecule has 1 saturated heterocycles. The molecule has 3 rings (SSSR count). The van der Waals surface area contributed by atoms with E-state index < -0.39 is 4.92 Å². The number of nitrogens with zero attached hydrogens (tertiary/aromatic N) is 5. The van der Waals surface area contributed by atoms with Gasteiger partial charge in [0, 0.05) is 57.5 Å². The number of piperazine rings is 1. The summed E-state index contributed by atoms with van der Waals surface area (Å²) in [5.41, 5.74) is 2.99. The first kappa shape index (κ1) is 24.8. The van der Waals surface area contributed by atoms with Gasteiger partial charge in [0.15, 0.2) is 5.96 Å². The van der Waals surface area contributed by atoms with Crippen LogP contribution in [0.3, 0.4) is 0 Å². The van der Waals surface area contributed by atoms with Gasteiger partial charge in [0.25, 0.3) is 5.69 Å². The molecule has 0 aliphatic carbocycles. The van der Waals surface area contributed by atoms with Gasteiger partial charge in [-0.05, 0) is 19.4 Å². The van der Waals surface area contributed by atoms with Crippen molar-refractivity contribution in [2.24, 2.45) is 4.99 Å². The summed E-state index contributed by atoms with van der Waals surface area (Å²) in [5.74, 6) is 1.65. The summed E-state index contributed by atoms with van der Waals surface area (Å²) in [4.78, 5) is 19.8. The van der Waals surface area contributed by atoms with Crippen molar-refractivity contribution in [2.75, 3.05) is 32.7 Å². The average Bonchev–Trinajstić information content (AvgIpc) is 3.13. The summed E-state index contributed by atoms with van der Waals surface area (Å²) in [6.07, 6.45) is 0. The summed E-state index contributed by atoms with van der Waals surface area (Å²) < 4.78 is 5.15. The van der Waals surface area contributed by atoms with Crippen LogP contribution in [-0.2, 0) is 13.1 Å². The third-order valence-corrected chi connectivity index (χ3v) is 4.84. The van der Waals surface area contributed by atoms with Crippen LogP contribution >= 0.6 is 24.0 Å². The molecule has 2 aromatic rings. The van der Waals surface area contributed by atoms with Gasteiger partial charge < -0.3 is 14.7 Å². The molecule has 0 unspecified atom stereocenters. The standard InChI is InChI=1S/C21H28N6O3.HI/c1-16(2)13-22-21(23-14-18-4-6-20(7-5-18)27(28)29)26-10-8-25(9-11-26)15-19-12-17(3)30-24-19;/h4-7,12H,1,8-11,13-15H2,2-3H3,(H,22,23);1H. The number of aliphatic imine (C=N–C) groups is 1. The van der Waals surface area contributed by atoms with Gasteiger partial charge >= 0.3 is 0 Å². The summed E-state index contributed by atoms with van der Waals surface area (Å²) in [6.45, 7) is 13.2. The van der Waals surface area contributed by atoms with Crippen molar-refractivity contribution in [3.8, 4) is 0 Å². The number of guanidine groups is 1. The Morgan fingerprint density at radius 1 is 1.29 bits per heavy atom. The van der Waals surface area contributed by atoms with Gasteiger partial charge in [-0.25, -0.2) is 4.99 Å². The molecule has 1 aliphatic heterocycles. The topological polar surface area (TPSA) is 100 Å². The Balaban J connectivity index is 0.00000341. The molecular formula is C21H29IN6O3. The summed E-state index contributed by atoms with van der Waals surface area (Å²) >= 11 is 0. The summed E-state index contributed by atoms with van der Waals surface area (Å²) in [5, 5.41) is 18.3. The van der Waals surface area contributed by atoms with E-state index in [4.69, 9.17) is 9.52 Å². The molecule has 1 N–H and O–H groups in total. The van der Waals surface area contributed by atoms with E-state index in [2.05, 4.69) is 26.9 Å². The number of nitro benzene ring substituents is 1. The van der Waals surface area contributed by atoms with Crippen LogP contribution in [0.1, 0.15) is 23.9 Å². The van der Waals surface area contributed by atoms with Crippen LogP contribution in [0.25, 0.3) is 0 Å². The smallest absolute Gasteiger partial charge is 0.269 e. The predicted octanol–water partition coefficient (Wildman–Crippen LogP) is 3.35. The van der Waals surface area contributed by atoms with Gasteiger partial charge in [0.1, 0.15) is 5.76 Å². The molecule has 31 heavy (non-hydrogen) atoms. The number of non-ortho nitro benzene ring substituents is 1. The molecule has 0 radical (unpaired) electrons. The second-order valence-corrected chi connectivity index (χ2v) is 7.57. The monoisotopic (exact) mass is 540 g/mol. The highest BCUT2D eigenvalue weighted by atomic mass is 127. The third kappa shape index (κ3) is 7.62. The highest BCUT2D eigenvalue weighted by molar-refractivity contribution is 14.0. The van der Waals surface area contributed by atoms with Crippen LogP contribution in [-0.4, -0.2) is 58.6 Å². The lowest BCUT2D eigenvalue weighted by Gasteiger charge is -2.36. The van der Waals surface area contributed by atoms with Gasteiger partial charge in [-0.15, -0.1) is 24.0 Å². The summed E-state index contributed by atoms with van der Waals surface area (Å²) in [6, 6.07) is 8.48. The molecule has 1 fully saturated rings. The van der Waals surface area contributed by atoms with Crippen molar-refractivity contribution in [3.05, 3.63) is 69.6 Å². The van der Waals surface area contributed by atoms with E-state index in [1.165, 1.54) is 12.1 Å². The maximum atomic E-state index is 10.8. The second kappa shape index (κ2) is 11.8. The van der Waals surface area contributed by atoms with E-state index in [1.54, 1.807) is 12.1 Å². The fourth-order valence-corrected chi connectivity index (χ4v) is 3.23. The van der Waals surface area contributed by atoms with Crippen LogP contribution in [0.2, 0.25) is 0 Å². The normalized spacial score (nSPS) is 14.8. The molecule has 0 saturated carbocycles. The SMILES string of the molecule is C=C(C)CNC(=NCc1ccc([N+](=O)[O-])cc1)N1CCN(Cc2cc(C)on2)CC1.I. The molecule has 1 aromatic carbocycles. The largest absolute Gasteiger partial charge is 0.361 e. The zero-order valence-corrected chi connectivity index (χ0v) is 20.2. The van der Waals surface area contributed by atoms with Crippen molar-refractivity contribution >= 4 is 35.6 Å². The number of benzene rings is 1. The van der Waals surface area contributed by atoms with Crippen molar-refractivity contribution in [3.63, 3.8) is 0 Å². The van der Waals surface area contributed by atoms with Crippen LogP contribution < -0.4 is 5.32 Å². The fraction of sp³-hybridized carbons (Fsp3) is 0.429. The highest BCUT2D eigenvalue weighted by Crippen LogP contribution is 2.13. The Morgan fingerprint density at radius 3 is 2.52 bits per heavy atom. The van der Waals surface area contributed by atoms with Gasteiger partial charge in [0.05, 0.1) is 17.2 Å². The molecule has 1 aromatic heterocycles. The molecular weight excluding hydrogens is 511 g/mol. The van der Waals surface area contributed by atoms with Crippen molar-refractivity contribution in [1.82, 2.24) is 20.3 Å². The lowest BCUT2D eigenvalue weighted by molar-refractivity contribution is -0.384. The minimum atomic E-state index is -0.396. The number of aromatic nitrogens is 1. The van der Waals surface area contributed by atoms with E-state index in [1.807, 2.05) is 19.9 Å². The van der Waals surface area contributed by atoms with E-state index in [9.17, 15) is 10.1 Å². The molecule has 0 amide bonds. The number of aryl methyl sites for hydroxylation is 1. The number of hydrogen-bond donors (Lipinski definition) is 1. The van der Waals surface area contributed by atoms with Crippen LogP contribution in [0.4, 0.5) is 5.69 Å². The summed E-state index contributed by atoms with van der Waals surface area (Å²) in [7, 11) is 0. The molecule has 0 bridgehead atoms. The predicted molar refractivity (Wildman–Crippen MR) is 131 cm³/mol. The molecule has 2 heterocycles. The lowest BCUT2D eigenvalue weighted by atomic mass is 10.2. The Kier molecular flexibility index (Phi) is 9.44. The first-order valence-electron chi connectivity index (χ1n) is 9.96. The second-order valence-electron chi connectivity index (χ2n) is 7.57. The highest BCUT2D eigenvalue weighted by Gasteiger charge is 2.20. The van der Waals surface area contributed by atoms with Crippen molar-refractivity contribution < 1.29 is 9.45 Å². The minimum absolute atomic E-state index is 0. The number of halogens is 1. The molecule has 1 aliphatic rings. The Morgan fingerprint density at radius 2 is 1.97 bits per heavy atom. The maximum Gasteiger partial charge on any atom is 0.269 e. The lowest BCUT2D eigenvalue weighted by Crippen LogP contribution is -2.52. The zero-order valence-electron chi connectivity index (χ0n) is 17.9. The van der Waals surface area contributed by atoms with Gasteiger partial charge in [-0.1, -0.05) is 29.4 Å². The molecule has 0 spiro atoms. The Hall–Kier alpha value is -2.47. The number of hydrogen-bond acceptors (Lipinski definition) is 6. The Labute approximate surface area is 199 Å². The van der Waals surface area contributed by atoms with Crippen LogP contribution in [0.5, 0.6) is 0 Å². The molecule has 10 heteroatoms. The fourth-order valence-electron chi connectivity index (χ4n) is 3.23. The zero-order chi connectivity index (χ0) is 21.5. The van der Waals surface area contributed by atoms with Gasteiger partial charge in [0.2, 0.25) is 0 Å². The number of nitrogens with one attached hydrogen (secondary N) is 1. The van der Waals surface area contributed by atoms with E-state index in [-0.39, 0.29) is 29.7 Å². The maximum absolute atomic E-state index is 10.8. The average molecular weight is 540 g/mol. The Bertz CT molecular complexity index is 904. The van der Waals surface area contributed by atoms with Crippen molar-refractivity contribution in [2.45, 2.75) is 26.9 Å². The first-order chi connectivity index (χ1) is 14.4. The molecule has 168 valence electrons. The third-order valence-electron chi connectivity index (χ3n) is 4.84. The van der Waals surface area contributed by atoms with E-state index >= 15 is 0 Å². The quantitative estimate of drug-likeness (QED) is 0.144. The first-order valence-corrected chi connectivity index (χ1v) is 9.96. The number of nitro groups is 1. The van der Waals surface area contributed by atoms with Crippen molar-refractivity contribution in [1.29, 1.82) is 0 Å².